The van der Waals surface area contributed by atoms with Gasteiger partial charge in [-0.2, -0.15) is 0 Å². The van der Waals surface area contributed by atoms with E-state index in [1.165, 1.54) is 12.1 Å². The topological polar surface area (TPSA) is 44.8 Å². The van der Waals surface area contributed by atoms with Crippen molar-refractivity contribution in [3.05, 3.63) is 59.4 Å². The Bertz CT molecular complexity index is 734. The minimum atomic E-state index is -0.274. The molecular weight excluding hydrogens is 357 g/mol. The van der Waals surface area contributed by atoms with Crippen molar-refractivity contribution in [3.8, 4) is 5.75 Å². The van der Waals surface area contributed by atoms with E-state index in [1.54, 1.807) is 35.2 Å². The van der Waals surface area contributed by atoms with Crippen LogP contribution in [0.1, 0.15) is 0 Å². The number of nitrogens with one attached hydrogen (secondary N) is 1. The van der Waals surface area contributed by atoms with Gasteiger partial charge in [-0.05, 0) is 42.5 Å². The van der Waals surface area contributed by atoms with E-state index in [0.717, 1.165) is 19.6 Å². The first kappa shape index (κ1) is 18.5. The average Bonchev–Trinajstić information content (AvgIpc) is 2.64. The van der Waals surface area contributed by atoms with E-state index in [0.29, 0.717) is 36.2 Å². The molecule has 1 fully saturated rings. The number of ether oxygens (including phenoxy) is 1. The molecule has 2 aromatic carbocycles. The lowest BCUT2D eigenvalue weighted by Gasteiger charge is -2.34. The number of carbonyl (C=O) groups excluding carboxylic acids is 1. The third-order valence-electron chi connectivity index (χ3n) is 4.23. The van der Waals surface area contributed by atoms with Crippen LogP contribution in [0.15, 0.2) is 48.5 Å². The van der Waals surface area contributed by atoms with Crippen molar-refractivity contribution in [1.29, 1.82) is 0 Å². The van der Waals surface area contributed by atoms with Crippen molar-refractivity contribution in [2.45, 2.75) is 0 Å². The summed E-state index contributed by atoms with van der Waals surface area (Å²) in [6, 6.07) is 13.0. The monoisotopic (exact) mass is 377 g/mol. The molecule has 2 aromatic rings. The number of hydrogen-bond acceptors (Lipinski definition) is 3. The molecule has 2 amide bonds. The van der Waals surface area contributed by atoms with Crippen molar-refractivity contribution >= 4 is 23.3 Å². The van der Waals surface area contributed by atoms with Crippen molar-refractivity contribution in [2.75, 3.05) is 44.6 Å². The first-order valence-electron chi connectivity index (χ1n) is 8.52. The van der Waals surface area contributed by atoms with Crippen LogP contribution in [0.5, 0.6) is 5.75 Å². The maximum Gasteiger partial charge on any atom is 0.321 e. The maximum atomic E-state index is 12.9. The number of urea groups is 1. The van der Waals surface area contributed by atoms with Gasteiger partial charge in [-0.25, -0.2) is 9.18 Å². The number of benzene rings is 2. The van der Waals surface area contributed by atoms with Gasteiger partial charge in [-0.15, -0.1) is 0 Å². The highest BCUT2D eigenvalue weighted by atomic mass is 35.5. The van der Waals surface area contributed by atoms with E-state index in [-0.39, 0.29) is 11.8 Å². The molecule has 3 rings (SSSR count). The van der Waals surface area contributed by atoms with E-state index in [4.69, 9.17) is 16.3 Å². The van der Waals surface area contributed by atoms with E-state index < -0.39 is 0 Å². The van der Waals surface area contributed by atoms with Gasteiger partial charge < -0.3 is 15.0 Å². The number of halogens is 2. The molecule has 0 atom stereocenters. The zero-order chi connectivity index (χ0) is 18.4. The Morgan fingerprint density at radius 3 is 2.54 bits per heavy atom. The predicted molar refractivity (Wildman–Crippen MR) is 100 cm³/mol. The summed E-state index contributed by atoms with van der Waals surface area (Å²) >= 11 is 5.93. The van der Waals surface area contributed by atoms with E-state index >= 15 is 0 Å². The third kappa shape index (κ3) is 5.34. The van der Waals surface area contributed by atoms with Crippen LogP contribution in [0.3, 0.4) is 0 Å². The molecule has 1 N–H and O–H groups in total. The number of piperazine rings is 1. The lowest BCUT2D eigenvalue weighted by atomic mass is 10.3. The largest absolute Gasteiger partial charge is 0.492 e. The summed E-state index contributed by atoms with van der Waals surface area (Å²) in [7, 11) is 0. The molecule has 138 valence electrons. The summed E-state index contributed by atoms with van der Waals surface area (Å²) in [4.78, 5) is 16.3. The third-order valence-corrected chi connectivity index (χ3v) is 4.46. The molecule has 0 radical (unpaired) electrons. The Hall–Kier alpha value is -2.31. The number of amides is 2. The van der Waals surface area contributed by atoms with Gasteiger partial charge >= 0.3 is 6.03 Å². The summed E-state index contributed by atoms with van der Waals surface area (Å²) in [5.74, 6) is 0.385. The first-order chi connectivity index (χ1) is 12.6. The Morgan fingerprint density at radius 2 is 1.85 bits per heavy atom. The minimum Gasteiger partial charge on any atom is -0.492 e. The standard InChI is InChI=1S/C19H21ClFN3O2/c20-15-2-1-3-17(14-15)22-19(25)24-10-8-23(9-11-24)12-13-26-18-6-4-16(21)5-7-18/h1-7,14H,8-13H2,(H,22,25). The SMILES string of the molecule is O=C(Nc1cccc(Cl)c1)N1CCN(CCOc2ccc(F)cc2)CC1. The number of rotatable bonds is 5. The normalized spacial score (nSPS) is 14.9. The zero-order valence-electron chi connectivity index (χ0n) is 14.3. The molecular formula is C19H21ClFN3O2. The fraction of sp³-hybridized carbons (Fsp3) is 0.316. The Kier molecular flexibility index (Phi) is 6.30. The molecule has 0 unspecified atom stereocenters. The molecule has 0 saturated carbocycles. The van der Waals surface area contributed by atoms with Gasteiger partial charge in [-0.3, -0.25) is 4.90 Å². The highest BCUT2D eigenvalue weighted by Crippen LogP contribution is 2.16. The van der Waals surface area contributed by atoms with Crippen molar-refractivity contribution in [2.24, 2.45) is 0 Å². The fourth-order valence-electron chi connectivity index (χ4n) is 2.77. The highest BCUT2D eigenvalue weighted by molar-refractivity contribution is 6.30. The van der Waals surface area contributed by atoms with Crippen molar-refractivity contribution < 1.29 is 13.9 Å². The van der Waals surface area contributed by atoms with Crippen LogP contribution in [-0.2, 0) is 0 Å². The zero-order valence-corrected chi connectivity index (χ0v) is 15.1. The lowest BCUT2D eigenvalue weighted by Crippen LogP contribution is -2.50. The van der Waals surface area contributed by atoms with Crippen LogP contribution >= 0.6 is 11.6 Å². The van der Waals surface area contributed by atoms with Crippen molar-refractivity contribution in [1.82, 2.24) is 9.80 Å². The molecule has 0 aromatic heterocycles. The Balaban J connectivity index is 1.38. The molecule has 7 heteroatoms. The molecule has 1 saturated heterocycles. The minimum absolute atomic E-state index is 0.116. The van der Waals surface area contributed by atoms with Gasteiger partial charge in [0.2, 0.25) is 0 Å². The van der Waals surface area contributed by atoms with Gasteiger partial charge in [0, 0.05) is 43.4 Å². The van der Waals surface area contributed by atoms with Crippen LogP contribution in [-0.4, -0.2) is 55.2 Å². The number of hydrogen-bond donors (Lipinski definition) is 1. The highest BCUT2D eigenvalue weighted by Gasteiger charge is 2.21. The molecule has 0 aliphatic carbocycles. The molecule has 5 nitrogen and oxygen atoms in total. The summed E-state index contributed by atoms with van der Waals surface area (Å²) < 4.78 is 18.5. The lowest BCUT2D eigenvalue weighted by molar-refractivity contribution is 0.132. The van der Waals surface area contributed by atoms with E-state index in [2.05, 4.69) is 10.2 Å². The molecule has 1 aliphatic heterocycles. The summed E-state index contributed by atoms with van der Waals surface area (Å²) in [5, 5.41) is 3.46. The summed E-state index contributed by atoms with van der Waals surface area (Å²) in [5.41, 5.74) is 0.692. The molecule has 1 heterocycles. The van der Waals surface area contributed by atoms with Crippen LogP contribution in [0, 0.1) is 5.82 Å². The molecule has 1 aliphatic rings. The van der Waals surface area contributed by atoms with Crippen LogP contribution in [0.4, 0.5) is 14.9 Å². The van der Waals surface area contributed by atoms with Gasteiger partial charge in [-0.1, -0.05) is 17.7 Å². The average molecular weight is 378 g/mol. The number of carbonyl (C=O) groups is 1. The van der Waals surface area contributed by atoms with Gasteiger partial charge in [0.05, 0.1) is 0 Å². The first-order valence-corrected chi connectivity index (χ1v) is 8.90. The summed E-state index contributed by atoms with van der Waals surface area (Å²) in [6.45, 7) is 4.18. The van der Waals surface area contributed by atoms with Crippen LogP contribution in [0.2, 0.25) is 5.02 Å². The number of nitrogens with zero attached hydrogens (tertiary/aromatic N) is 2. The van der Waals surface area contributed by atoms with Gasteiger partial charge in [0.15, 0.2) is 0 Å². The van der Waals surface area contributed by atoms with E-state index in [9.17, 15) is 9.18 Å². The van der Waals surface area contributed by atoms with Crippen LogP contribution in [0.25, 0.3) is 0 Å². The quantitative estimate of drug-likeness (QED) is 0.864. The fourth-order valence-corrected chi connectivity index (χ4v) is 2.96. The second-order valence-electron chi connectivity index (χ2n) is 6.07. The summed E-state index contributed by atoms with van der Waals surface area (Å²) in [6.07, 6.45) is 0. The molecule has 0 spiro atoms. The van der Waals surface area contributed by atoms with Crippen molar-refractivity contribution in [3.63, 3.8) is 0 Å². The Morgan fingerprint density at radius 1 is 1.12 bits per heavy atom. The smallest absolute Gasteiger partial charge is 0.321 e. The predicted octanol–water partition coefficient (Wildman–Crippen LogP) is 3.71. The van der Waals surface area contributed by atoms with Crippen LogP contribution < -0.4 is 10.1 Å². The molecule has 0 bridgehead atoms. The molecule has 26 heavy (non-hydrogen) atoms. The number of anilines is 1. The van der Waals surface area contributed by atoms with Gasteiger partial charge in [0.1, 0.15) is 18.2 Å². The second kappa shape index (κ2) is 8.87. The van der Waals surface area contributed by atoms with E-state index in [1.807, 2.05) is 6.07 Å². The maximum absolute atomic E-state index is 12.9. The Labute approximate surface area is 157 Å². The second-order valence-corrected chi connectivity index (χ2v) is 6.51. The van der Waals surface area contributed by atoms with Gasteiger partial charge in [0.25, 0.3) is 0 Å².